The summed E-state index contributed by atoms with van der Waals surface area (Å²) >= 11 is 1.98. The Morgan fingerprint density at radius 2 is 2.00 bits per heavy atom. The number of ether oxygens (including phenoxy) is 1. The molecule has 2 heterocycles. The third-order valence-electron chi connectivity index (χ3n) is 5.03. The molecule has 2 amide bonds. The highest BCUT2D eigenvalue weighted by Gasteiger charge is 2.27. The van der Waals surface area contributed by atoms with Gasteiger partial charge in [0.1, 0.15) is 0 Å². The van der Waals surface area contributed by atoms with Crippen LogP contribution in [0.25, 0.3) is 0 Å². The van der Waals surface area contributed by atoms with E-state index in [0.29, 0.717) is 6.04 Å². The average molecular weight is 378 g/mol. The Hall–Kier alpha value is -1.24. The van der Waals surface area contributed by atoms with Crippen molar-refractivity contribution in [3.05, 3.63) is 35.9 Å². The molecule has 1 N–H and O–H groups in total. The van der Waals surface area contributed by atoms with Crippen LogP contribution in [-0.4, -0.2) is 79.3 Å². The third kappa shape index (κ3) is 6.18. The Kier molecular flexibility index (Phi) is 8.11. The molecule has 5 nitrogen and oxygen atoms in total. The van der Waals surface area contributed by atoms with Gasteiger partial charge in [0.05, 0.1) is 19.3 Å². The molecule has 0 aromatic heterocycles. The number of carbonyl (C=O) groups excluding carboxylic acids is 1. The number of morpholine rings is 1. The van der Waals surface area contributed by atoms with E-state index in [9.17, 15) is 4.79 Å². The zero-order chi connectivity index (χ0) is 18.0. The molecule has 1 aromatic rings. The second-order valence-electron chi connectivity index (χ2n) is 7.01. The highest BCUT2D eigenvalue weighted by Crippen LogP contribution is 2.18. The van der Waals surface area contributed by atoms with Crippen molar-refractivity contribution in [1.29, 1.82) is 0 Å². The van der Waals surface area contributed by atoms with E-state index >= 15 is 0 Å². The van der Waals surface area contributed by atoms with Gasteiger partial charge >= 0.3 is 6.03 Å². The van der Waals surface area contributed by atoms with Crippen molar-refractivity contribution in [3.8, 4) is 0 Å². The van der Waals surface area contributed by atoms with Crippen molar-refractivity contribution in [2.75, 3.05) is 57.4 Å². The van der Waals surface area contributed by atoms with Gasteiger partial charge in [-0.3, -0.25) is 4.90 Å². The number of thioether (sulfide) groups is 1. The molecule has 3 rings (SSSR count). The fraction of sp³-hybridized carbons (Fsp3) is 0.650. The first-order valence-corrected chi connectivity index (χ1v) is 10.9. The molecule has 0 radical (unpaired) electrons. The highest BCUT2D eigenvalue weighted by atomic mass is 32.2. The topological polar surface area (TPSA) is 44.8 Å². The number of benzene rings is 1. The molecule has 6 heteroatoms. The Bertz CT molecular complexity index is 537. The first kappa shape index (κ1) is 19.5. The second kappa shape index (κ2) is 10.8. The summed E-state index contributed by atoms with van der Waals surface area (Å²) < 4.78 is 5.45. The fourth-order valence-electron chi connectivity index (χ4n) is 3.56. The van der Waals surface area contributed by atoms with E-state index in [4.69, 9.17) is 4.74 Å². The molecule has 0 saturated carbocycles. The summed E-state index contributed by atoms with van der Waals surface area (Å²) in [6, 6.07) is 10.9. The smallest absolute Gasteiger partial charge is 0.317 e. The van der Waals surface area contributed by atoms with E-state index in [2.05, 4.69) is 39.4 Å². The molecule has 1 aromatic carbocycles. The molecule has 2 fully saturated rings. The summed E-state index contributed by atoms with van der Waals surface area (Å²) in [4.78, 5) is 17.3. The number of nitrogens with zero attached hydrogens (tertiary/aromatic N) is 2. The van der Waals surface area contributed by atoms with E-state index in [1.165, 1.54) is 5.56 Å². The van der Waals surface area contributed by atoms with Gasteiger partial charge in [-0.15, -0.1) is 0 Å². The number of aryl methyl sites for hydroxylation is 1. The molecule has 2 aliphatic rings. The maximum absolute atomic E-state index is 12.8. The molecule has 2 saturated heterocycles. The van der Waals surface area contributed by atoms with Crippen LogP contribution in [0.1, 0.15) is 18.4 Å². The first-order chi connectivity index (χ1) is 12.8. The Balaban J connectivity index is 1.46. The molecular weight excluding hydrogens is 346 g/mol. The lowest BCUT2D eigenvalue weighted by Crippen LogP contribution is -2.53. The Labute approximate surface area is 161 Å². The van der Waals surface area contributed by atoms with Gasteiger partial charge in [-0.05, 0) is 30.6 Å². The van der Waals surface area contributed by atoms with E-state index < -0.39 is 0 Å². The van der Waals surface area contributed by atoms with E-state index in [1.54, 1.807) is 0 Å². The zero-order valence-electron chi connectivity index (χ0n) is 15.6. The first-order valence-electron chi connectivity index (χ1n) is 9.79. The van der Waals surface area contributed by atoms with Crippen molar-refractivity contribution in [2.45, 2.75) is 25.3 Å². The Morgan fingerprint density at radius 1 is 1.19 bits per heavy atom. The molecule has 144 valence electrons. The van der Waals surface area contributed by atoms with Crippen molar-refractivity contribution < 1.29 is 9.53 Å². The molecule has 0 unspecified atom stereocenters. The fourth-order valence-corrected chi connectivity index (χ4v) is 4.62. The predicted octanol–water partition coefficient (Wildman–Crippen LogP) is 2.47. The molecule has 1 atom stereocenters. The Morgan fingerprint density at radius 3 is 2.81 bits per heavy atom. The minimum Gasteiger partial charge on any atom is -0.379 e. The lowest BCUT2D eigenvalue weighted by atomic mass is 10.1. The van der Waals surface area contributed by atoms with E-state index in [1.807, 2.05) is 17.8 Å². The van der Waals surface area contributed by atoms with Gasteiger partial charge in [-0.25, -0.2) is 4.79 Å². The molecule has 0 aliphatic carbocycles. The van der Waals surface area contributed by atoms with Crippen LogP contribution in [0.5, 0.6) is 0 Å². The van der Waals surface area contributed by atoms with Gasteiger partial charge in [-0.2, -0.15) is 11.8 Å². The summed E-state index contributed by atoms with van der Waals surface area (Å²) in [7, 11) is 0. The van der Waals surface area contributed by atoms with Crippen LogP contribution in [0.15, 0.2) is 30.3 Å². The number of rotatable bonds is 6. The number of amides is 2. The summed E-state index contributed by atoms with van der Waals surface area (Å²) in [6.07, 6.45) is 3.07. The molecule has 0 bridgehead atoms. The van der Waals surface area contributed by atoms with Crippen molar-refractivity contribution in [1.82, 2.24) is 15.1 Å². The normalized spacial score (nSPS) is 22.0. The van der Waals surface area contributed by atoms with Gasteiger partial charge in [0.2, 0.25) is 0 Å². The number of carbonyl (C=O) groups is 1. The van der Waals surface area contributed by atoms with Crippen LogP contribution in [0, 0.1) is 0 Å². The van der Waals surface area contributed by atoms with E-state index in [0.717, 1.165) is 76.7 Å². The van der Waals surface area contributed by atoms with Gasteiger partial charge in [0, 0.05) is 38.5 Å². The number of nitrogens with one attached hydrogen (secondary N) is 1. The van der Waals surface area contributed by atoms with Crippen LogP contribution in [0.2, 0.25) is 0 Å². The standard InChI is InChI=1S/C20H31N3O2S/c24-20(21-9-4-8-18-6-2-1-3-7-18)23-10-5-15-26-17-19(23)16-22-11-13-25-14-12-22/h1-3,6-7,19H,4-5,8-17H2,(H,21,24)/t19-/m0/s1. The molecular formula is C20H31N3O2S. The van der Waals surface area contributed by atoms with Gasteiger partial charge in [-0.1, -0.05) is 30.3 Å². The average Bonchev–Trinajstić information content (AvgIpc) is 2.92. The predicted molar refractivity (Wildman–Crippen MR) is 108 cm³/mol. The SMILES string of the molecule is O=C(NCCCc1ccccc1)N1CCCSC[C@@H]1CN1CCOCC1. The van der Waals surface area contributed by atoms with Crippen LogP contribution >= 0.6 is 11.8 Å². The zero-order valence-corrected chi connectivity index (χ0v) is 16.4. The summed E-state index contributed by atoms with van der Waals surface area (Å²) in [5.74, 6) is 2.19. The van der Waals surface area contributed by atoms with E-state index in [-0.39, 0.29) is 6.03 Å². The monoisotopic (exact) mass is 377 g/mol. The van der Waals surface area contributed by atoms with Crippen LogP contribution in [0.4, 0.5) is 4.79 Å². The number of hydrogen-bond acceptors (Lipinski definition) is 4. The van der Waals surface area contributed by atoms with Crippen LogP contribution < -0.4 is 5.32 Å². The van der Waals surface area contributed by atoms with Crippen molar-refractivity contribution in [3.63, 3.8) is 0 Å². The minimum atomic E-state index is 0.110. The largest absolute Gasteiger partial charge is 0.379 e. The van der Waals surface area contributed by atoms with Crippen molar-refractivity contribution in [2.24, 2.45) is 0 Å². The molecule has 26 heavy (non-hydrogen) atoms. The summed E-state index contributed by atoms with van der Waals surface area (Å²) in [5.41, 5.74) is 1.33. The minimum absolute atomic E-state index is 0.110. The van der Waals surface area contributed by atoms with Gasteiger partial charge in [0.15, 0.2) is 0 Å². The lowest BCUT2D eigenvalue weighted by Gasteiger charge is -2.35. The third-order valence-corrected chi connectivity index (χ3v) is 6.23. The van der Waals surface area contributed by atoms with Gasteiger partial charge in [0.25, 0.3) is 0 Å². The highest BCUT2D eigenvalue weighted by molar-refractivity contribution is 7.99. The lowest BCUT2D eigenvalue weighted by molar-refractivity contribution is 0.0283. The van der Waals surface area contributed by atoms with Crippen LogP contribution in [-0.2, 0) is 11.2 Å². The molecule has 2 aliphatic heterocycles. The number of urea groups is 1. The quantitative estimate of drug-likeness (QED) is 0.774. The second-order valence-corrected chi connectivity index (χ2v) is 8.16. The maximum Gasteiger partial charge on any atom is 0.317 e. The summed E-state index contributed by atoms with van der Waals surface area (Å²) in [5, 5.41) is 3.15. The van der Waals surface area contributed by atoms with Crippen LogP contribution in [0.3, 0.4) is 0 Å². The van der Waals surface area contributed by atoms with Gasteiger partial charge < -0.3 is 15.0 Å². The maximum atomic E-state index is 12.8. The molecule has 0 spiro atoms. The summed E-state index contributed by atoms with van der Waals surface area (Å²) in [6.45, 7) is 6.15. The number of hydrogen-bond donors (Lipinski definition) is 1. The van der Waals surface area contributed by atoms with Crippen molar-refractivity contribution >= 4 is 17.8 Å².